The van der Waals surface area contributed by atoms with Crippen LogP contribution in [-0.4, -0.2) is 31.4 Å². The zero-order chi connectivity index (χ0) is 17.5. The van der Waals surface area contributed by atoms with Crippen LogP contribution in [0.4, 0.5) is 5.69 Å². The van der Waals surface area contributed by atoms with Crippen LogP contribution < -0.4 is 10.1 Å². The van der Waals surface area contributed by atoms with Crippen molar-refractivity contribution in [3.8, 4) is 5.75 Å². The number of methoxy groups -OCH3 is 1. The lowest BCUT2D eigenvalue weighted by atomic mass is 10.1. The molecule has 2 aromatic rings. The molecule has 0 radical (unpaired) electrons. The van der Waals surface area contributed by atoms with E-state index < -0.39 is 5.97 Å². The van der Waals surface area contributed by atoms with E-state index in [4.69, 9.17) is 4.74 Å². The number of hydrogen-bond donors (Lipinski definition) is 1. The number of amides is 1. The van der Waals surface area contributed by atoms with Gasteiger partial charge in [-0.15, -0.1) is 0 Å². The minimum atomic E-state index is -0.476. The maximum Gasteiger partial charge on any atom is 0.337 e. The Hall–Kier alpha value is -3.15. The van der Waals surface area contributed by atoms with Crippen LogP contribution in [0.15, 0.2) is 48.5 Å². The maximum atomic E-state index is 11.9. The van der Waals surface area contributed by atoms with Crippen LogP contribution in [0.3, 0.4) is 0 Å². The Bertz CT molecular complexity index is 752. The zero-order valence-corrected chi connectivity index (χ0v) is 13.4. The molecule has 0 heterocycles. The summed E-state index contributed by atoms with van der Waals surface area (Å²) in [7, 11) is 1.29. The molecule has 6 heteroatoms. The highest BCUT2D eigenvalue weighted by Crippen LogP contribution is 2.14. The summed E-state index contributed by atoms with van der Waals surface area (Å²) in [6.07, 6.45) is 0. The van der Waals surface area contributed by atoms with Crippen molar-refractivity contribution in [1.29, 1.82) is 0 Å². The maximum absolute atomic E-state index is 11.9. The SMILES string of the molecule is COC(=O)c1cccc(OCC(=O)Nc2ccc(C(C)=O)cc2)c1. The molecule has 0 spiro atoms. The number of nitrogens with one attached hydrogen (secondary N) is 1. The number of Topliss-reactive ketones (excluding diaryl/α,β-unsaturated/α-hetero) is 1. The third-order valence-electron chi connectivity index (χ3n) is 3.20. The molecular formula is C18H17NO5. The number of rotatable bonds is 6. The van der Waals surface area contributed by atoms with Gasteiger partial charge in [0.2, 0.25) is 0 Å². The second-order valence-corrected chi connectivity index (χ2v) is 4.99. The lowest BCUT2D eigenvalue weighted by Crippen LogP contribution is -2.20. The number of carbonyl (C=O) groups excluding carboxylic acids is 3. The number of ether oxygens (including phenoxy) is 2. The molecule has 0 unspecified atom stereocenters. The Balaban J connectivity index is 1.91. The van der Waals surface area contributed by atoms with Crippen molar-refractivity contribution in [1.82, 2.24) is 0 Å². The first-order valence-corrected chi connectivity index (χ1v) is 7.21. The Morgan fingerprint density at radius 2 is 1.71 bits per heavy atom. The molecule has 2 rings (SSSR count). The molecule has 6 nitrogen and oxygen atoms in total. The van der Waals surface area contributed by atoms with Gasteiger partial charge in [0.05, 0.1) is 12.7 Å². The quantitative estimate of drug-likeness (QED) is 0.651. The van der Waals surface area contributed by atoms with Gasteiger partial charge in [0.1, 0.15) is 5.75 Å². The van der Waals surface area contributed by atoms with Crippen LogP contribution in [0.5, 0.6) is 5.75 Å². The fourth-order valence-electron chi connectivity index (χ4n) is 1.96. The van der Waals surface area contributed by atoms with Gasteiger partial charge in [-0.25, -0.2) is 4.79 Å². The van der Waals surface area contributed by atoms with Gasteiger partial charge in [-0.3, -0.25) is 9.59 Å². The number of esters is 1. The van der Waals surface area contributed by atoms with E-state index in [2.05, 4.69) is 10.1 Å². The van der Waals surface area contributed by atoms with E-state index in [1.54, 1.807) is 42.5 Å². The molecule has 0 aliphatic carbocycles. The van der Waals surface area contributed by atoms with E-state index in [-0.39, 0.29) is 18.3 Å². The normalized spacial score (nSPS) is 9.92. The standard InChI is InChI=1S/C18H17NO5/c1-12(20)13-6-8-15(9-7-13)19-17(21)11-24-16-5-3-4-14(10-16)18(22)23-2/h3-10H,11H2,1-2H3,(H,19,21). The molecule has 1 amide bonds. The average molecular weight is 327 g/mol. The van der Waals surface area contributed by atoms with Crippen molar-refractivity contribution >= 4 is 23.3 Å². The Labute approximate surface area is 139 Å². The molecule has 24 heavy (non-hydrogen) atoms. The molecule has 0 aliphatic heterocycles. The minimum Gasteiger partial charge on any atom is -0.484 e. The summed E-state index contributed by atoms with van der Waals surface area (Å²) >= 11 is 0. The van der Waals surface area contributed by atoms with Crippen LogP contribution in [0.25, 0.3) is 0 Å². The summed E-state index contributed by atoms with van der Waals surface area (Å²) in [5.74, 6) is -0.480. The summed E-state index contributed by atoms with van der Waals surface area (Å²) in [5.41, 5.74) is 1.48. The van der Waals surface area contributed by atoms with Crippen LogP contribution in [0, 0.1) is 0 Å². The second kappa shape index (κ2) is 7.92. The molecule has 0 aliphatic rings. The first kappa shape index (κ1) is 17.2. The number of benzene rings is 2. The van der Waals surface area contributed by atoms with E-state index in [1.165, 1.54) is 20.1 Å². The monoisotopic (exact) mass is 327 g/mol. The van der Waals surface area contributed by atoms with Crippen molar-refractivity contribution in [2.45, 2.75) is 6.92 Å². The Morgan fingerprint density at radius 3 is 2.33 bits per heavy atom. The summed E-state index contributed by atoms with van der Waals surface area (Å²) in [6, 6.07) is 12.9. The van der Waals surface area contributed by atoms with Gasteiger partial charge >= 0.3 is 5.97 Å². The van der Waals surface area contributed by atoms with Gasteiger partial charge in [-0.2, -0.15) is 0 Å². The van der Waals surface area contributed by atoms with Gasteiger partial charge < -0.3 is 14.8 Å². The van der Waals surface area contributed by atoms with Crippen molar-refractivity contribution in [3.63, 3.8) is 0 Å². The van der Waals surface area contributed by atoms with Crippen molar-refractivity contribution < 1.29 is 23.9 Å². The predicted octanol–water partition coefficient (Wildman–Crippen LogP) is 2.69. The van der Waals surface area contributed by atoms with Gasteiger partial charge in [0.25, 0.3) is 5.91 Å². The molecular weight excluding hydrogens is 310 g/mol. The topological polar surface area (TPSA) is 81.7 Å². The van der Waals surface area contributed by atoms with Crippen molar-refractivity contribution in [3.05, 3.63) is 59.7 Å². The molecule has 0 saturated carbocycles. The molecule has 0 saturated heterocycles. The Morgan fingerprint density at radius 1 is 1.00 bits per heavy atom. The molecule has 0 fully saturated rings. The first-order valence-electron chi connectivity index (χ1n) is 7.21. The highest BCUT2D eigenvalue weighted by molar-refractivity contribution is 5.96. The van der Waals surface area contributed by atoms with E-state index in [0.29, 0.717) is 22.6 Å². The van der Waals surface area contributed by atoms with Crippen molar-refractivity contribution in [2.75, 3.05) is 19.0 Å². The average Bonchev–Trinajstić information content (AvgIpc) is 2.60. The summed E-state index contributed by atoms with van der Waals surface area (Å²) in [5, 5.41) is 2.66. The van der Waals surface area contributed by atoms with E-state index in [9.17, 15) is 14.4 Å². The van der Waals surface area contributed by atoms with Gasteiger partial charge in [0.15, 0.2) is 12.4 Å². The van der Waals surface area contributed by atoms with Crippen LogP contribution in [0.1, 0.15) is 27.6 Å². The van der Waals surface area contributed by atoms with E-state index in [1.807, 2.05) is 0 Å². The summed E-state index contributed by atoms with van der Waals surface area (Å²) < 4.78 is 9.99. The zero-order valence-electron chi connectivity index (χ0n) is 13.4. The molecule has 124 valence electrons. The van der Waals surface area contributed by atoms with Crippen molar-refractivity contribution in [2.24, 2.45) is 0 Å². The summed E-state index contributed by atoms with van der Waals surface area (Å²) in [4.78, 5) is 34.5. The van der Waals surface area contributed by atoms with Gasteiger partial charge in [-0.05, 0) is 49.4 Å². The first-order chi connectivity index (χ1) is 11.5. The summed E-state index contributed by atoms with van der Waals surface area (Å²) in [6.45, 7) is 1.27. The van der Waals surface area contributed by atoms with Gasteiger partial charge in [-0.1, -0.05) is 6.07 Å². The minimum absolute atomic E-state index is 0.0401. The van der Waals surface area contributed by atoms with Crippen LogP contribution >= 0.6 is 0 Å². The fraction of sp³-hybridized carbons (Fsp3) is 0.167. The highest BCUT2D eigenvalue weighted by atomic mass is 16.5. The van der Waals surface area contributed by atoms with Crippen LogP contribution in [-0.2, 0) is 9.53 Å². The highest BCUT2D eigenvalue weighted by Gasteiger charge is 2.08. The second-order valence-electron chi connectivity index (χ2n) is 4.99. The number of anilines is 1. The fourth-order valence-corrected chi connectivity index (χ4v) is 1.96. The third-order valence-corrected chi connectivity index (χ3v) is 3.20. The number of carbonyl (C=O) groups is 3. The molecule has 0 aromatic heterocycles. The molecule has 1 N–H and O–H groups in total. The number of hydrogen-bond acceptors (Lipinski definition) is 5. The molecule has 0 atom stereocenters. The predicted molar refractivity (Wildman–Crippen MR) is 88.4 cm³/mol. The largest absolute Gasteiger partial charge is 0.484 e. The van der Waals surface area contributed by atoms with Gasteiger partial charge in [0, 0.05) is 11.3 Å². The third kappa shape index (κ3) is 4.67. The lowest BCUT2D eigenvalue weighted by molar-refractivity contribution is -0.118. The molecule has 2 aromatic carbocycles. The van der Waals surface area contributed by atoms with Crippen LogP contribution in [0.2, 0.25) is 0 Å². The molecule has 0 bridgehead atoms. The van der Waals surface area contributed by atoms with E-state index in [0.717, 1.165) is 0 Å². The number of ketones is 1. The lowest BCUT2D eigenvalue weighted by Gasteiger charge is -2.08. The Kier molecular flexibility index (Phi) is 5.68. The smallest absolute Gasteiger partial charge is 0.337 e. The van der Waals surface area contributed by atoms with E-state index >= 15 is 0 Å².